The van der Waals surface area contributed by atoms with Gasteiger partial charge in [0.25, 0.3) is 5.91 Å². The molecule has 0 heterocycles. The Morgan fingerprint density at radius 2 is 1.50 bits per heavy atom. The number of carbonyl (C=O) groups is 1. The quantitative estimate of drug-likeness (QED) is 0.657. The maximum absolute atomic E-state index is 12.9. The lowest BCUT2D eigenvalue weighted by Crippen LogP contribution is -2.43. The molecular weight excluding hydrogens is 360 g/mol. The van der Waals surface area contributed by atoms with Crippen molar-refractivity contribution in [2.24, 2.45) is 11.3 Å². The van der Waals surface area contributed by atoms with Crippen molar-refractivity contribution in [3.63, 3.8) is 0 Å². The zero-order chi connectivity index (χ0) is 19.9. The van der Waals surface area contributed by atoms with Crippen LogP contribution < -0.4 is 5.32 Å². The largest absolute Gasteiger partial charge is 0.416 e. The van der Waals surface area contributed by atoms with Crippen molar-refractivity contribution < 1.29 is 31.1 Å². The van der Waals surface area contributed by atoms with Gasteiger partial charge >= 0.3 is 12.4 Å². The summed E-state index contributed by atoms with van der Waals surface area (Å²) in [4.78, 5) is 12.3. The highest BCUT2D eigenvalue weighted by Crippen LogP contribution is 2.39. The summed E-state index contributed by atoms with van der Waals surface area (Å²) < 4.78 is 77.5. The number of hydrogen-bond donors (Lipinski definition) is 1. The molecule has 0 unspecified atom stereocenters. The molecule has 146 valence electrons. The van der Waals surface area contributed by atoms with E-state index in [1.165, 1.54) is 0 Å². The molecule has 1 aromatic rings. The van der Waals surface area contributed by atoms with E-state index in [1.807, 2.05) is 20.8 Å². The Morgan fingerprint density at radius 1 is 1.00 bits per heavy atom. The highest BCUT2D eigenvalue weighted by molar-refractivity contribution is 5.94. The first-order valence-corrected chi connectivity index (χ1v) is 8.28. The number of benzene rings is 1. The highest BCUT2D eigenvalue weighted by atomic mass is 19.4. The van der Waals surface area contributed by atoms with Crippen molar-refractivity contribution in [2.75, 3.05) is 0 Å². The summed E-state index contributed by atoms with van der Waals surface area (Å²) >= 11 is 0. The van der Waals surface area contributed by atoms with Gasteiger partial charge in [-0.1, -0.05) is 20.8 Å². The molecule has 1 aliphatic carbocycles. The van der Waals surface area contributed by atoms with E-state index in [9.17, 15) is 31.1 Å². The predicted octanol–water partition coefficient (Wildman–Crippen LogP) is 5.67. The Kier molecular flexibility index (Phi) is 5.36. The minimum atomic E-state index is -4.97. The summed E-state index contributed by atoms with van der Waals surface area (Å²) in [5, 5.41) is 2.60. The normalized spacial score (nSPS) is 23.6. The van der Waals surface area contributed by atoms with Crippen LogP contribution in [0.25, 0.3) is 0 Å². The lowest BCUT2D eigenvalue weighted by atomic mass is 9.70. The van der Waals surface area contributed by atoms with Crippen molar-refractivity contribution in [1.29, 1.82) is 0 Å². The topological polar surface area (TPSA) is 29.1 Å². The molecule has 0 aliphatic heterocycles. The van der Waals surface area contributed by atoms with Crippen molar-refractivity contribution in [3.8, 4) is 0 Å². The van der Waals surface area contributed by atoms with Crippen molar-refractivity contribution in [1.82, 2.24) is 5.32 Å². The lowest BCUT2D eigenvalue weighted by molar-refractivity contribution is -0.143. The average Bonchev–Trinajstić information content (AvgIpc) is 2.42. The van der Waals surface area contributed by atoms with Gasteiger partial charge in [0.1, 0.15) is 0 Å². The first-order valence-electron chi connectivity index (χ1n) is 8.28. The van der Waals surface area contributed by atoms with Crippen LogP contribution in [0.1, 0.15) is 61.5 Å². The first kappa shape index (κ1) is 20.6. The predicted molar refractivity (Wildman–Crippen MR) is 84.5 cm³/mol. The van der Waals surface area contributed by atoms with Crippen molar-refractivity contribution in [3.05, 3.63) is 34.9 Å². The Morgan fingerprint density at radius 3 is 1.92 bits per heavy atom. The molecule has 2 atom stereocenters. The number of halogens is 6. The van der Waals surface area contributed by atoms with Gasteiger partial charge in [-0.3, -0.25) is 4.79 Å². The van der Waals surface area contributed by atoms with E-state index in [0.717, 1.165) is 6.42 Å². The SMILES string of the molecule is C[C@@H]1C[C@H](NC(=O)c2cc(C(F)(F)F)cc(C(F)(F)F)c2)CC(C)(C)C1. The monoisotopic (exact) mass is 381 g/mol. The second-order valence-corrected chi connectivity index (χ2v) is 7.88. The molecule has 1 N–H and O–H groups in total. The van der Waals surface area contributed by atoms with E-state index in [1.54, 1.807) is 0 Å². The maximum Gasteiger partial charge on any atom is 0.416 e. The molecule has 1 fully saturated rings. The van der Waals surface area contributed by atoms with E-state index in [-0.39, 0.29) is 17.5 Å². The van der Waals surface area contributed by atoms with Crippen LogP contribution in [0.5, 0.6) is 0 Å². The van der Waals surface area contributed by atoms with Crippen LogP contribution in [0, 0.1) is 11.3 Å². The zero-order valence-electron chi connectivity index (χ0n) is 14.7. The molecule has 0 radical (unpaired) electrons. The summed E-state index contributed by atoms with van der Waals surface area (Å²) in [7, 11) is 0. The lowest BCUT2D eigenvalue weighted by Gasteiger charge is -2.39. The Hall–Kier alpha value is -1.73. The molecule has 2 rings (SSSR count). The first-order chi connectivity index (χ1) is 11.7. The van der Waals surface area contributed by atoms with Crippen molar-refractivity contribution in [2.45, 2.75) is 58.4 Å². The standard InChI is InChI=1S/C18H21F6NO/c1-10-4-14(9-16(2,3)8-10)25-15(26)11-5-12(17(19,20)21)7-13(6-11)18(22,23)24/h5-7,10,14H,4,8-9H2,1-3H3,(H,25,26)/t10-,14+/m1/s1. The van der Waals surface area contributed by atoms with Crippen LogP contribution in [-0.4, -0.2) is 11.9 Å². The van der Waals surface area contributed by atoms with Gasteiger partial charge < -0.3 is 5.32 Å². The molecule has 1 amide bonds. The summed E-state index contributed by atoms with van der Waals surface area (Å²) in [5.41, 5.74) is -3.67. The van der Waals surface area contributed by atoms with Crippen LogP contribution in [0.3, 0.4) is 0 Å². The molecule has 0 saturated heterocycles. The summed E-state index contributed by atoms with van der Waals surface area (Å²) in [6.07, 6.45) is -7.75. The molecule has 8 heteroatoms. The number of rotatable bonds is 2. The number of carbonyl (C=O) groups excluding carboxylic acids is 1. The number of alkyl halides is 6. The van der Waals surface area contributed by atoms with Gasteiger partial charge in [0.05, 0.1) is 11.1 Å². The zero-order valence-corrected chi connectivity index (χ0v) is 14.7. The van der Waals surface area contributed by atoms with E-state index >= 15 is 0 Å². The minimum Gasteiger partial charge on any atom is -0.349 e. The van der Waals surface area contributed by atoms with Crippen LogP contribution in [0.2, 0.25) is 0 Å². The van der Waals surface area contributed by atoms with Gasteiger partial charge in [-0.15, -0.1) is 0 Å². The fourth-order valence-corrected chi connectivity index (χ4v) is 3.81. The van der Waals surface area contributed by atoms with Crippen LogP contribution >= 0.6 is 0 Å². The summed E-state index contributed by atoms with van der Waals surface area (Å²) in [6.45, 7) is 6.05. The number of hydrogen-bond acceptors (Lipinski definition) is 1. The highest BCUT2D eigenvalue weighted by Gasteiger charge is 2.38. The third kappa shape index (κ3) is 5.14. The molecule has 0 aromatic heterocycles. The number of amides is 1. The molecule has 26 heavy (non-hydrogen) atoms. The fraction of sp³-hybridized carbons (Fsp3) is 0.611. The van der Waals surface area contributed by atoms with Crippen LogP contribution in [-0.2, 0) is 12.4 Å². The smallest absolute Gasteiger partial charge is 0.349 e. The second kappa shape index (κ2) is 6.78. The Labute approximate surface area is 148 Å². The average molecular weight is 381 g/mol. The maximum atomic E-state index is 12.9. The van der Waals surface area contributed by atoms with E-state index in [4.69, 9.17) is 0 Å². The van der Waals surface area contributed by atoms with E-state index in [0.29, 0.717) is 30.9 Å². The molecule has 1 aromatic carbocycles. The van der Waals surface area contributed by atoms with E-state index in [2.05, 4.69) is 5.32 Å². The van der Waals surface area contributed by atoms with Gasteiger partial charge in [-0.2, -0.15) is 26.3 Å². The molecular formula is C18H21F6NO. The van der Waals surface area contributed by atoms with Gasteiger partial charge in [-0.05, 0) is 48.8 Å². The van der Waals surface area contributed by atoms with Crippen LogP contribution in [0.4, 0.5) is 26.3 Å². The molecule has 0 spiro atoms. The Balaban J connectivity index is 2.30. The molecule has 1 aliphatic rings. The second-order valence-electron chi connectivity index (χ2n) is 7.88. The third-order valence-electron chi connectivity index (χ3n) is 4.57. The Bertz CT molecular complexity index is 645. The fourth-order valence-electron chi connectivity index (χ4n) is 3.81. The molecule has 0 bridgehead atoms. The third-order valence-corrected chi connectivity index (χ3v) is 4.57. The molecule has 2 nitrogen and oxygen atoms in total. The van der Waals surface area contributed by atoms with Gasteiger partial charge in [-0.25, -0.2) is 0 Å². The summed E-state index contributed by atoms with van der Waals surface area (Å²) in [6, 6.07) is 0.650. The summed E-state index contributed by atoms with van der Waals surface area (Å²) in [5.74, 6) is -0.618. The van der Waals surface area contributed by atoms with Gasteiger partial charge in [0, 0.05) is 11.6 Å². The van der Waals surface area contributed by atoms with E-state index < -0.39 is 35.0 Å². The molecule has 1 saturated carbocycles. The van der Waals surface area contributed by atoms with Crippen molar-refractivity contribution >= 4 is 5.91 Å². The number of nitrogens with one attached hydrogen (secondary N) is 1. The minimum absolute atomic E-state index is 0.0164. The van der Waals surface area contributed by atoms with Gasteiger partial charge in [0.15, 0.2) is 0 Å². The van der Waals surface area contributed by atoms with Crippen LogP contribution in [0.15, 0.2) is 18.2 Å². The van der Waals surface area contributed by atoms with Gasteiger partial charge in [0.2, 0.25) is 0 Å².